The minimum atomic E-state index is -5.03. The maximum absolute atomic E-state index is 15.3. The van der Waals surface area contributed by atoms with Crippen LogP contribution in [0.3, 0.4) is 0 Å². The molecule has 2 aromatic heterocycles. The third-order valence-electron chi connectivity index (χ3n) is 6.01. The summed E-state index contributed by atoms with van der Waals surface area (Å²) in [6.07, 6.45) is -8.61. The molecule has 0 spiro atoms. The van der Waals surface area contributed by atoms with E-state index in [9.17, 15) is 31.1 Å². The standard InChI is InChI=1S/C26H17F7N6O/c1-34-21-12-39(24(40)36-21)16-6-7-19(20(27)11-16)22-17-4-2-3-5-18(17)23(38-37-22)35-15-9-13(25(28,29)30)8-14(10-15)26(31,32)33/h2-12,34H,1H3,(H,35,38)(H,36,40). The fourth-order valence-corrected chi connectivity index (χ4v) is 4.12. The number of halogens is 7. The number of anilines is 3. The van der Waals surface area contributed by atoms with Gasteiger partial charge in [0, 0.05) is 29.1 Å². The molecule has 0 saturated carbocycles. The van der Waals surface area contributed by atoms with Crippen molar-refractivity contribution in [3.05, 3.63) is 94.3 Å². The molecule has 0 aliphatic rings. The van der Waals surface area contributed by atoms with Crippen LogP contribution in [0, 0.1) is 5.82 Å². The monoisotopic (exact) mass is 562 g/mol. The van der Waals surface area contributed by atoms with Crippen molar-refractivity contribution in [1.82, 2.24) is 19.7 Å². The van der Waals surface area contributed by atoms with Crippen LogP contribution in [-0.4, -0.2) is 26.8 Å². The van der Waals surface area contributed by atoms with Gasteiger partial charge in [0.05, 0.1) is 23.0 Å². The smallest absolute Gasteiger partial charge is 0.373 e. The zero-order valence-electron chi connectivity index (χ0n) is 20.2. The SMILES string of the molecule is CNc1cn(-c2ccc(-c3nnc(Nc4cc(C(F)(F)F)cc(C(F)(F)F)c4)c4ccccc34)c(F)c2)c(=O)[nH]1. The highest BCUT2D eigenvalue weighted by Gasteiger charge is 2.37. The molecule has 0 radical (unpaired) electrons. The van der Waals surface area contributed by atoms with Crippen molar-refractivity contribution in [2.45, 2.75) is 12.4 Å². The quantitative estimate of drug-likeness (QED) is 0.207. The van der Waals surface area contributed by atoms with Gasteiger partial charge < -0.3 is 10.6 Å². The first-order valence-electron chi connectivity index (χ1n) is 11.5. The first kappa shape index (κ1) is 26.7. The molecule has 5 rings (SSSR count). The van der Waals surface area contributed by atoms with Gasteiger partial charge in [0.25, 0.3) is 0 Å². The molecule has 5 aromatic rings. The lowest BCUT2D eigenvalue weighted by Gasteiger charge is -2.16. The largest absolute Gasteiger partial charge is 0.416 e. The number of imidazole rings is 1. The Hall–Kier alpha value is -4.88. The van der Waals surface area contributed by atoms with Crippen LogP contribution in [0.2, 0.25) is 0 Å². The molecule has 3 aromatic carbocycles. The van der Waals surface area contributed by atoms with Gasteiger partial charge in [0.1, 0.15) is 17.3 Å². The van der Waals surface area contributed by atoms with Crippen LogP contribution in [0.1, 0.15) is 11.1 Å². The molecule has 40 heavy (non-hydrogen) atoms. The second kappa shape index (κ2) is 9.70. The Bertz CT molecular complexity index is 1760. The van der Waals surface area contributed by atoms with E-state index in [1.54, 1.807) is 25.2 Å². The lowest BCUT2D eigenvalue weighted by molar-refractivity contribution is -0.143. The normalized spacial score (nSPS) is 12.1. The van der Waals surface area contributed by atoms with Crippen molar-refractivity contribution in [3.63, 3.8) is 0 Å². The molecule has 3 N–H and O–H groups in total. The Morgan fingerprint density at radius 1 is 0.850 bits per heavy atom. The van der Waals surface area contributed by atoms with Gasteiger partial charge in [-0.1, -0.05) is 24.3 Å². The Balaban J connectivity index is 1.57. The number of H-pyrrole nitrogens is 1. The Morgan fingerprint density at radius 2 is 1.50 bits per heavy atom. The van der Waals surface area contributed by atoms with Crippen molar-refractivity contribution in [3.8, 4) is 16.9 Å². The third kappa shape index (κ3) is 5.07. The van der Waals surface area contributed by atoms with Crippen LogP contribution in [0.25, 0.3) is 27.7 Å². The lowest BCUT2D eigenvalue weighted by atomic mass is 10.0. The number of fused-ring (bicyclic) bond motifs is 1. The first-order valence-corrected chi connectivity index (χ1v) is 11.5. The van der Waals surface area contributed by atoms with Gasteiger partial charge in [-0.25, -0.2) is 9.18 Å². The number of nitrogens with zero attached hydrogens (tertiary/aromatic N) is 3. The highest BCUT2D eigenvalue weighted by Crippen LogP contribution is 2.39. The van der Waals surface area contributed by atoms with Crippen molar-refractivity contribution in [2.75, 3.05) is 17.7 Å². The molecule has 0 aliphatic heterocycles. The maximum Gasteiger partial charge on any atom is 0.416 e. The van der Waals surface area contributed by atoms with Crippen LogP contribution in [-0.2, 0) is 12.4 Å². The van der Waals surface area contributed by atoms with Crippen molar-refractivity contribution in [1.29, 1.82) is 0 Å². The fourth-order valence-electron chi connectivity index (χ4n) is 4.12. The summed E-state index contributed by atoms with van der Waals surface area (Å²) in [5, 5.41) is 13.8. The van der Waals surface area contributed by atoms with Gasteiger partial charge in [-0.15, -0.1) is 10.2 Å². The van der Waals surface area contributed by atoms with Gasteiger partial charge in [-0.05, 0) is 36.4 Å². The summed E-state index contributed by atoms with van der Waals surface area (Å²) in [4.78, 5) is 14.7. The fraction of sp³-hybridized carbons (Fsp3) is 0.115. The minimum absolute atomic E-state index is 0.00912. The molecule has 7 nitrogen and oxygen atoms in total. The summed E-state index contributed by atoms with van der Waals surface area (Å²) in [5.74, 6) is -0.468. The molecule has 0 bridgehead atoms. The van der Waals surface area contributed by atoms with Gasteiger partial charge in [-0.3, -0.25) is 9.55 Å². The van der Waals surface area contributed by atoms with E-state index in [4.69, 9.17) is 0 Å². The first-order chi connectivity index (χ1) is 18.8. The Morgan fingerprint density at radius 3 is 2.08 bits per heavy atom. The van der Waals surface area contributed by atoms with Crippen LogP contribution < -0.4 is 16.3 Å². The van der Waals surface area contributed by atoms with E-state index in [0.717, 1.165) is 6.07 Å². The van der Waals surface area contributed by atoms with E-state index in [2.05, 4.69) is 25.8 Å². The van der Waals surface area contributed by atoms with E-state index in [1.165, 1.54) is 29.0 Å². The molecule has 14 heteroatoms. The lowest BCUT2D eigenvalue weighted by Crippen LogP contribution is -2.14. The average molecular weight is 562 g/mol. The number of nitrogens with one attached hydrogen (secondary N) is 3. The molecule has 0 unspecified atom stereocenters. The molecule has 0 saturated heterocycles. The van der Waals surface area contributed by atoms with Crippen LogP contribution in [0.5, 0.6) is 0 Å². The number of aromatic nitrogens is 4. The zero-order chi connectivity index (χ0) is 28.8. The van der Waals surface area contributed by atoms with Gasteiger partial charge in [0.2, 0.25) is 0 Å². The maximum atomic E-state index is 15.3. The van der Waals surface area contributed by atoms with E-state index in [-0.39, 0.29) is 34.2 Å². The summed E-state index contributed by atoms with van der Waals surface area (Å²) in [5.41, 5.74) is -3.70. The summed E-state index contributed by atoms with van der Waals surface area (Å²) in [6.45, 7) is 0. The predicted octanol–water partition coefficient (Wildman–Crippen LogP) is 6.74. The van der Waals surface area contributed by atoms with Crippen molar-refractivity contribution in [2.24, 2.45) is 0 Å². The average Bonchev–Trinajstić information content (AvgIpc) is 3.28. The molecule has 206 valence electrons. The molecular weight excluding hydrogens is 545 g/mol. The number of aromatic amines is 1. The molecule has 0 amide bonds. The third-order valence-corrected chi connectivity index (χ3v) is 6.01. The van der Waals surface area contributed by atoms with E-state index >= 15 is 4.39 Å². The summed E-state index contributed by atoms with van der Waals surface area (Å²) < 4.78 is 96.3. The van der Waals surface area contributed by atoms with Crippen LogP contribution >= 0.6 is 0 Å². The van der Waals surface area contributed by atoms with Crippen LogP contribution in [0.4, 0.5) is 48.1 Å². The number of hydrogen-bond donors (Lipinski definition) is 3. The summed E-state index contributed by atoms with van der Waals surface area (Å²) in [6, 6.07) is 11.3. The highest BCUT2D eigenvalue weighted by molar-refractivity contribution is 6.01. The Kier molecular flexibility index (Phi) is 6.48. The summed E-state index contributed by atoms with van der Waals surface area (Å²) >= 11 is 0. The molecule has 0 aliphatic carbocycles. The molecular formula is C26H17F7N6O. The topological polar surface area (TPSA) is 87.6 Å². The molecule has 2 heterocycles. The van der Waals surface area contributed by atoms with Gasteiger partial charge >= 0.3 is 18.0 Å². The number of alkyl halides is 6. The van der Waals surface area contributed by atoms with E-state index in [0.29, 0.717) is 23.3 Å². The van der Waals surface area contributed by atoms with Crippen molar-refractivity contribution < 1.29 is 30.7 Å². The van der Waals surface area contributed by atoms with E-state index in [1.807, 2.05) is 0 Å². The second-order valence-corrected chi connectivity index (χ2v) is 8.62. The van der Waals surface area contributed by atoms with E-state index < -0.39 is 40.7 Å². The minimum Gasteiger partial charge on any atom is -0.373 e. The van der Waals surface area contributed by atoms with Crippen molar-refractivity contribution >= 4 is 28.1 Å². The van der Waals surface area contributed by atoms with Gasteiger partial charge in [0.15, 0.2) is 5.82 Å². The Labute approximate surface area is 220 Å². The predicted molar refractivity (Wildman–Crippen MR) is 134 cm³/mol. The molecule has 0 atom stereocenters. The molecule has 0 fully saturated rings. The highest BCUT2D eigenvalue weighted by atomic mass is 19.4. The summed E-state index contributed by atoms with van der Waals surface area (Å²) in [7, 11) is 1.60. The van der Waals surface area contributed by atoms with Crippen LogP contribution in [0.15, 0.2) is 71.7 Å². The number of rotatable bonds is 5. The number of hydrogen-bond acceptors (Lipinski definition) is 5. The zero-order valence-corrected chi connectivity index (χ0v) is 20.2. The van der Waals surface area contributed by atoms with Gasteiger partial charge in [-0.2, -0.15) is 26.3 Å². The second-order valence-electron chi connectivity index (χ2n) is 8.62. The number of benzene rings is 3.